The fourth-order valence-corrected chi connectivity index (χ4v) is 2.98. The topological polar surface area (TPSA) is 88.6 Å². The molecule has 1 fully saturated rings. The van der Waals surface area contributed by atoms with Gasteiger partial charge < -0.3 is 15.0 Å². The number of hydrogen-bond acceptors (Lipinski definition) is 5. The molecule has 1 N–H and O–H groups in total. The van der Waals surface area contributed by atoms with Crippen molar-refractivity contribution in [3.63, 3.8) is 0 Å². The molecule has 1 aromatic carbocycles. The van der Waals surface area contributed by atoms with Crippen LogP contribution in [0.4, 0.5) is 5.69 Å². The third-order valence-electron chi connectivity index (χ3n) is 4.39. The summed E-state index contributed by atoms with van der Waals surface area (Å²) in [5.41, 5.74) is 1.17. The molecule has 7 nitrogen and oxygen atoms in total. The highest BCUT2D eigenvalue weighted by atomic mass is 16.5. The lowest BCUT2D eigenvalue weighted by Gasteiger charge is -2.26. The molecule has 27 heavy (non-hydrogen) atoms. The van der Waals surface area contributed by atoms with E-state index in [-0.39, 0.29) is 17.3 Å². The van der Waals surface area contributed by atoms with Crippen molar-refractivity contribution in [3.8, 4) is 0 Å². The van der Waals surface area contributed by atoms with Gasteiger partial charge in [-0.25, -0.2) is 9.78 Å². The minimum atomic E-state index is -0.488. The van der Waals surface area contributed by atoms with Crippen LogP contribution in [0.25, 0.3) is 0 Å². The summed E-state index contributed by atoms with van der Waals surface area (Å²) >= 11 is 0. The van der Waals surface area contributed by atoms with E-state index in [1.54, 1.807) is 41.3 Å². The average molecular weight is 367 g/mol. The van der Waals surface area contributed by atoms with Crippen LogP contribution >= 0.6 is 0 Å². The highest BCUT2D eigenvalue weighted by Gasteiger charge is 2.20. The second-order valence-corrected chi connectivity index (χ2v) is 6.29. The molecule has 0 radical (unpaired) electrons. The molecule has 0 atom stereocenters. The summed E-state index contributed by atoms with van der Waals surface area (Å²) in [5.74, 6) is -1.10. The molecular weight excluding hydrogens is 346 g/mol. The molecular formula is C20H21N3O4. The third-order valence-corrected chi connectivity index (χ3v) is 4.39. The number of carbonyl (C=O) groups excluding carboxylic acids is 3. The molecule has 7 heteroatoms. The first kappa shape index (κ1) is 18.6. The Kier molecular flexibility index (Phi) is 5.80. The average Bonchev–Trinajstić information content (AvgIpc) is 2.73. The lowest BCUT2D eigenvalue weighted by Crippen LogP contribution is -2.36. The fraction of sp³-hybridized carbons (Fsp3) is 0.300. The molecule has 2 heterocycles. The van der Waals surface area contributed by atoms with Gasteiger partial charge in [0.15, 0.2) is 0 Å². The predicted octanol–water partition coefficient (Wildman–Crippen LogP) is 2.75. The van der Waals surface area contributed by atoms with Crippen LogP contribution in [0.2, 0.25) is 0 Å². The van der Waals surface area contributed by atoms with Crippen molar-refractivity contribution in [2.45, 2.75) is 19.3 Å². The largest absolute Gasteiger partial charge is 0.465 e. The van der Waals surface area contributed by atoms with Crippen molar-refractivity contribution in [3.05, 3.63) is 59.4 Å². The highest BCUT2D eigenvalue weighted by Crippen LogP contribution is 2.15. The molecule has 0 saturated carbocycles. The zero-order valence-corrected chi connectivity index (χ0v) is 15.1. The molecule has 1 aliphatic rings. The smallest absolute Gasteiger partial charge is 0.337 e. The predicted molar refractivity (Wildman–Crippen MR) is 99.7 cm³/mol. The number of ether oxygens (including phenoxy) is 1. The van der Waals surface area contributed by atoms with Gasteiger partial charge in [0.2, 0.25) is 0 Å². The normalized spacial score (nSPS) is 13.7. The Hall–Kier alpha value is -3.22. The van der Waals surface area contributed by atoms with Crippen LogP contribution in [0.1, 0.15) is 50.6 Å². The number of benzene rings is 1. The monoisotopic (exact) mass is 367 g/mol. The van der Waals surface area contributed by atoms with Crippen LogP contribution in [0.15, 0.2) is 42.5 Å². The van der Waals surface area contributed by atoms with Crippen LogP contribution in [0.5, 0.6) is 0 Å². The molecule has 1 aliphatic heterocycles. The van der Waals surface area contributed by atoms with Crippen molar-refractivity contribution in [2.75, 3.05) is 25.5 Å². The molecule has 0 aliphatic carbocycles. The van der Waals surface area contributed by atoms with Gasteiger partial charge in [-0.3, -0.25) is 9.59 Å². The van der Waals surface area contributed by atoms with Gasteiger partial charge in [-0.1, -0.05) is 12.1 Å². The van der Waals surface area contributed by atoms with Crippen LogP contribution in [-0.4, -0.2) is 47.9 Å². The van der Waals surface area contributed by atoms with Crippen molar-refractivity contribution in [1.29, 1.82) is 0 Å². The lowest BCUT2D eigenvalue weighted by atomic mass is 10.1. The van der Waals surface area contributed by atoms with Gasteiger partial charge in [-0.2, -0.15) is 0 Å². The Morgan fingerprint density at radius 3 is 2.44 bits per heavy atom. The van der Waals surface area contributed by atoms with Crippen molar-refractivity contribution in [2.24, 2.45) is 0 Å². The summed E-state index contributed by atoms with van der Waals surface area (Å²) in [6.07, 6.45) is 3.11. The number of pyridine rings is 1. The maximum Gasteiger partial charge on any atom is 0.337 e. The second kappa shape index (κ2) is 8.44. The van der Waals surface area contributed by atoms with Crippen molar-refractivity contribution >= 4 is 23.5 Å². The minimum absolute atomic E-state index is 0.140. The van der Waals surface area contributed by atoms with Crippen LogP contribution in [-0.2, 0) is 4.74 Å². The van der Waals surface area contributed by atoms with E-state index in [2.05, 4.69) is 15.0 Å². The van der Waals surface area contributed by atoms with E-state index in [9.17, 15) is 14.4 Å². The fourth-order valence-electron chi connectivity index (χ4n) is 2.98. The quantitative estimate of drug-likeness (QED) is 0.840. The second-order valence-electron chi connectivity index (χ2n) is 6.29. The SMILES string of the molecule is COC(=O)c1cccc(NC(=O)c2cccc(C(=O)N3CCCCC3)n2)c1. The third kappa shape index (κ3) is 4.49. The van der Waals surface area contributed by atoms with Gasteiger partial charge in [0, 0.05) is 18.8 Å². The minimum Gasteiger partial charge on any atom is -0.465 e. The molecule has 2 amide bonds. The lowest BCUT2D eigenvalue weighted by molar-refractivity contribution is 0.0600. The molecule has 0 spiro atoms. The van der Waals surface area contributed by atoms with Gasteiger partial charge in [0.1, 0.15) is 11.4 Å². The van der Waals surface area contributed by atoms with Gasteiger partial charge >= 0.3 is 5.97 Å². The van der Waals surface area contributed by atoms with Crippen molar-refractivity contribution < 1.29 is 19.1 Å². The summed E-state index contributed by atoms with van der Waals surface area (Å²) in [6.45, 7) is 1.44. The number of piperidine rings is 1. The summed E-state index contributed by atoms with van der Waals surface area (Å²) in [6, 6.07) is 11.2. The van der Waals surface area contributed by atoms with Gasteiger partial charge in [-0.05, 0) is 49.6 Å². The van der Waals surface area contributed by atoms with E-state index in [4.69, 9.17) is 0 Å². The molecule has 0 unspecified atom stereocenters. The Bertz CT molecular complexity index is 860. The van der Waals surface area contributed by atoms with Crippen molar-refractivity contribution in [1.82, 2.24) is 9.88 Å². The van der Waals surface area contributed by atoms with E-state index < -0.39 is 11.9 Å². The van der Waals surface area contributed by atoms with E-state index in [1.807, 2.05) is 0 Å². The summed E-state index contributed by atoms with van der Waals surface area (Å²) in [5, 5.41) is 2.69. The Balaban J connectivity index is 1.74. The number of hydrogen-bond donors (Lipinski definition) is 1. The zero-order valence-electron chi connectivity index (χ0n) is 15.1. The van der Waals surface area contributed by atoms with Gasteiger partial charge in [0.05, 0.1) is 12.7 Å². The Labute approximate surface area is 157 Å². The number of nitrogens with one attached hydrogen (secondary N) is 1. The molecule has 1 saturated heterocycles. The number of esters is 1. The number of likely N-dealkylation sites (tertiary alicyclic amines) is 1. The van der Waals surface area contributed by atoms with E-state index in [1.165, 1.54) is 13.2 Å². The first-order valence-corrected chi connectivity index (χ1v) is 8.84. The van der Waals surface area contributed by atoms with E-state index in [0.717, 1.165) is 32.4 Å². The number of rotatable bonds is 4. The Morgan fingerprint density at radius 2 is 1.70 bits per heavy atom. The van der Waals surface area contributed by atoms with E-state index in [0.29, 0.717) is 11.3 Å². The molecule has 3 rings (SSSR count). The zero-order chi connectivity index (χ0) is 19.2. The molecule has 2 aromatic rings. The molecule has 0 bridgehead atoms. The number of methoxy groups -OCH3 is 1. The highest BCUT2D eigenvalue weighted by molar-refractivity contribution is 6.04. The van der Waals surface area contributed by atoms with Crippen LogP contribution in [0, 0.1) is 0 Å². The molecule has 140 valence electrons. The van der Waals surface area contributed by atoms with E-state index >= 15 is 0 Å². The summed E-state index contributed by atoms with van der Waals surface area (Å²) in [4.78, 5) is 42.7. The summed E-state index contributed by atoms with van der Waals surface area (Å²) in [7, 11) is 1.29. The first-order chi connectivity index (χ1) is 13.1. The van der Waals surface area contributed by atoms with Gasteiger partial charge in [-0.15, -0.1) is 0 Å². The number of anilines is 1. The Morgan fingerprint density at radius 1 is 1.00 bits per heavy atom. The van der Waals surface area contributed by atoms with Crippen LogP contribution in [0.3, 0.4) is 0 Å². The van der Waals surface area contributed by atoms with Crippen LogP contribution < -0.4 is 5.32 Å². The number of carbonyl (C=O) groups is 3. The first-order valence-electron chi connectivity index (χ1n) is 8.84. The summed E-state index contributed by atoms with van der Waals surface area (Å²) < 4.78 is 4.67. The van der Waals surface area contributed by atoms with Gasteiger partial charge in [0.25, 0.3) is 11.8 Å². The maximum atomic E-state index is 12.6. The maximum absolute atomic E-state index is 12.6. The number of aromatic nitrogens is 1. The number of amides is 2. The standard InChI is InChI=1S/C20H21N3O4/c1-27-20(26)14-7-5-8-15(13-14)21-18(24)16-9-6-10-17(22-16)19(25)23-11-3-2-4-12-23/h5-10,13H,2-4,11-12H2,1H3,(H,21,24). The molecule has 1 aromatic heterocycles. The number of nitrogens with zero attached hydrogens (tertiary/aromatic N) is 2.